The maximum Gasteiger partial charge on any atom is 0.267 e. The number of aryl methyl sites for hydroxylation is 3. The van der Waals surface area contributed by atoms with E-state index in [1.54, 1.807) is 19.9 Å². The van der Waals surface area contributed by atoms with Crippen molar-refractivity contribution in [2.75, 3.05) is 10.0 Å². The average Bonchev–Trinajstić information content (AvgIpc) is 3.33. The normalized spacial score (nSPS) is 13.7. The molecule has 2 aromatic heterocycles. The van der Waals surface area contributed by atoms with E-state index < -0.39 is 28.6 Å². The maximum atomic E-state index is 13.0. The van der Waals surface area contributed by atoms with Gasteiger partial charge < -0.3 is 9.84 Å². The molecule has 1 aromatic carbocycles. The molecule has 0 saturated carbocycles. The Kier molecular flexibility index (Phi) is 4.49. The molecule has 30 heavy (non-hydrogen) atoms. The zero-order valence-corrected chi connectivity index (χ0v) is 18.2. The van der Waals surface area contributed by atoms with Crippen molar-refractivity contribution in [2.24, 2.45) is 0 Å². The summed E-state index contributed by atoms with van der Waals surface area (Å²) in [7, 11) is -4.37. The first-order valence-electron chi connectivity index (χ1n) is 10.6. The Balaban J connectivity index is 1.97. The first kappa shape index (κ1) is 16.8. The van der Waals surface area contributed by atoms with Crippen LogP contribution in [0.25, 0.3) is 0 Å². The summed E-state index contributed by atoms with van der Waals surface area (Å²) in [6, 6.07) is 2.83. The summed E-state index contributed by atoms with van der Waals surface area (Å²) in [6.07, 6.45) is 0. The SMILES string of the molecule is [2H]c1c(C)cc(C)c(NC(=O)c2sccc2S(=O)(=O)Nc2onc(C([2H])([2H])[2H])c2C)c1C(C)=O. The number of benzene rings is 1. The van der Waals surface area contributed by atoms with Crippen LogP contribution < -0.4 is 10.0 Å². The minimum Gasteiger partial charge on any atom is -0.337 e. The molecular formula is C20H21N3O5S2. The van der Waals surface area contributed by atoms with Gasteiger partial charge in [0.25, 0.3) is 15.9 Å². The highest BCUT2D eigenvalue weighted by atomic mass is 32.2. The fraction of sp³-hybridized carbons (Fsp3) is 0.250. The summed E-state index contributed by atoms with van der Waals surface area (Å²) in [5.41, 5.74) is 0.870. The van der Waals surface area contributed by atoms with E-state index in [1.165, 1.54) is 25.3 Å². The number of carbonyl (C=O) groups is 2. The molecular weight excluding hydrogens is 426 g/mol. The van der Waals surface area contributed by atoms with Gasteiger partial charge in [0.15, 0.2) is 5.78 Å². The molecule has 0 atom stereocenters. The van der Waals surface area contributed by atoms with E-state index in [-0.39, 0.29) is 44.2 Å². The van der Waals surface area contributed by atoms with Crippen molar-refractivity contribution < 1.29 is 28.0 Å². The van der Waals surface area contributed by atoms with Crippen LogP contribution in [0.2, 0.25) is 0 Å². The number of amides is 1. The molecule has 0 saturated heterocycles. The van der Waals surface area contributed by atoms with Crippen LogP contribution in [0.3, 0.4) is 0 Å². The van der Waals surface area contributed by atoms with Gasteiger partial charge in [-0.1, -0.05) is 11.2 Å². The van der Waals surface area contributed by atoms with Gasteiger partial charge in [0.1, 0.15) is 9.77 Å². The van der Waals surface area contributed by atoms with E-state index in [0.29, 0.717) is 11.1 Å². The minimum atomic E-state index is -4.37. The van der Waals surface area contributed by atoms with Gasteiger partial charge >= 0.3 is 0 Å². The molecule has 3 aromatic rings. The number of nitrogens with zero attached hydrogens (tertiary/aromatic N) is 1. The molecule has 0 radical (unpaired) electrons. The van der Waals surface area contributed by atoms with Crippen molar-refractivity contribution in [1.29, 1.82) is 0 Å². The Morgan fingerprint density at radius 2 is 2.03 bits per heavy atom. The zero-order chi connectivity index (χ0) is 25.6. The number of nitrogens with one attached hydrogen (secondary N) is 2. The lowest BCUT2D eigenvalue weighted by Gasteiger charge is -2.14. The van der Waals surface area contributed by atoms with Crippen molar-refractivity contribution in [3.05, 3.63) is 56.4 Å². The summed E-state index contributed by atoms with van der Waals surface area (Å²) in [5, 5.41) is 7.39. The standard InChI is InChI=1S/C20H21N3O5S2/c1-10-8-11(2)17(15(9-10)14(5)24)21-19(25)18-16(6-7-29-18)30(26,27)23-20-12(3)13(4)22-28-20/h6-9,23H,1-5H3,(H,21,25)/i4D3,9D. The summed E-state index contributed by atoms with van der Waals surface area (Å²) in [5.74, 6) is -1.59. The Bertz CT molecular complexity index is 1410. The number of ketones is 1. The third kappa shape index (κ3) is 4.14. The van der Waals surface area contributed by atoms with E-state index in [2.05, 4.69) is 15.2 Å². The van der Waals surface area contributed by atoms with E-state index >= 15 is 0 Å². The highest BCUT2D eigenvalue weighted by Crippen LogP contribution is 2.29. The highest BCUT2D eigenvalue weighted by Gasteiger charge is 2.27. The molecule has 2 N–H and O–H groups in total. The molecule has 3 rings (SSSR count). The molecule has 0 bridgehead atoms. The van der Waals surface area contributed by atoms with E-state index in [4.69, 9.17) is 10.0 Å². The number of thiophene rings is 1. The van der Waals surface area contributed by atoms with Gasteiger partial charge in [-0.25, -0.2) is 13.1 Å². The van der Waals surface area contributed by atoms with E-state index in [1.807, 2.05) is 0 Å². The summed E-state index contributed by atoms with van der Waals surface area (Å²) in [6.45, 7) is 3.37. The van der Waals surface area contributed by atoms with Crippen LogP contribution in [0.1, 0.15) is 54.8 Å². The monoisotopic (exact) mass is 451 g/mol. The summed E-state index contributed by atoms with van der Waals surface area (Å²) in [4.78, 5) is 24.7. The van der Waals surface area contributed by atoms with Crippen molar-refractivity contribution >= 4 is 44.6 Å². The second-order valence-corrected chi connectivity index (χ2v) is 9.17. The lowest BCUT2D eigenvalue weighted by Crippen LogP contribution is -2.20. The van der Waals surface area contributed by atoms with Gasteiger partial charge in [0.05, 0.1) is 12.8 Å². The molecule has 158 valence electrons. The molecule has 1 amide bonds. The quantitative estimate of drug-likeness (QED) is 0.542. The van der Waals surface area contributed by atoms with E-state index in [9.17, 15) is 18.0 Å². The topological polar surface area (TPSA) is 118 Å². The molecule has 0 aliphatic heterocycles. The summed E-state index contributed by atoms with van der Waals surface area (Å²) >= 11 is 0.856. The Morgan fingerprint density at radius 1 is 1.30 bits per heavy atom. The number of Topliss-reactive ketones (excluding diaryl/α,β-unsaturated/α-hetero) is 1. The first-order chi connectivity index (χ1) is 15.6. The number of aromatic nitrogens is 1. The van der Waals surface area contributed by atoms with Gasteiger partial charge in [-0.3, -0.25) is 9.59 Å². The van der Waals surface area contributed by atoms with Crippen molar-refractivity contribution in [3.63, 3.8) is 0 Å². The van der Waals surface area contributed by atoms with Crippen LogP contribution >= 0.6 is 11.3 Å². The fourth-order valence-electron chi connectivity index (χ4n) is 2.77. The van der Waals surface area contributed by atoms with Crippen LogP contribution in [0.4, 0.5) is 11.6 Å². The fourth-order valence-corrected chi connectivity index (χ4v) is 5.14. The molecule has 0 aliphatic rings. The molecule has 0 unspecified atom stereocenters. The summed E-state index contributed by atoms with van der Waals surface area (Å²) < 4.78 is 63.5. The van der Waals surface area contributed by atoms with Gasteiger partial charge in [0, 0.05) is 15.2 Å². The predicted molar refractivity (Wildman–Crippen MR) is 115 cm³/mol. The third-order valence-corrected chi connectivity index (χ3v) is 6.68. The van der Waals surface area contributed by atoms with Crippen LogP contribution in [0.5, 0.6) is 0 Å². The van der Waals surface area contributed by atoms with Crippen LogP contribution in [-0.2, 0) is 10.0 Å². The number of hydrogen-bond acceptors (Lipinski definition) is 7. The van der Waals surface area contributed by atoms with E-state index in [0.717, 1.165) is 11.3 Å². The number of carbonyl (C=O) groups excluding carboxylic acids is 2. The Hall–Kier alpha value is -2.98. The number of hydrogen-bond donors (Lipinski definition) is 2. The van der Waals surface area contributed by atoms with Crippen molar-refractivity contribution in [1.82, 2.24) is 5.16 Å². The number of rotatable bonds is 6. The average molecular weight is 452 g/mol. The smallest absolute Gasteiger partial charge is 0.267 e. The van der Waals surface area contributed by atoms with Gasteiger partial charge in [-0.05, 0) is 63.2 Å². The zero-order valence-electron chi connectivity index (χ0n) is 20.5. The molecule has 10 heteroatoms. The maximum absolute atomic E-state index is 13.0. The molecule has 2 heterocycles. The number of sulfonamides is 1. The Labute approximate surface area is 184 Å². The van der Waals surface area contributed by atoms with Gasteiger partial charge in [-0.15, -0.1) is 11.3 Å². The molecule has 8 nitrogen and oxygen atoms in total. The third-order valence-electron chi connectivity index (χ3n) is 4.27. The molecule has 0 aliphatic carbocycles. The number of anilines is 2. The first-order valence-corrected chi connectivity index (χ1v) is 11.0. The van der Waals surface area contributed by atoms with Crippen LogP contribution in [0.15, 0.2) is 33.0 Å². The highest BCUT2D eigenvalue weighted by molar-refractivity contribution is 7.93. The lowest BCUT2D eigenvalue weighted by molar-refractivity contribution is 0.101. The van der Waals surface area contributed by atoms with Gasteiger partial charge in [-0.2, -0.15) is 0 Å². The Morgan fingerprint density at radius 3 is 2.67 bits per heavy atom. The van der Waals surface area contributed by atoms with Crippen LogP contribution in [-0.4, -0.2) is 25.3 Å². The van der Waals surface area contributed by atoms with Crippen molar-refractivity contribution in [3.8, 4) is 0 Å². The second kappa shape index (κ2) is 8.04. The molecule has 0 fully saturated rings. The minimum absolute atomic E-state index is 0.00541. The second-order valence-electron chi connectivity index (χ2n) is 6.60. The predicted octanol–water partition coefficient (Wildman–Crippen LogP) is 4.23. The lowest BCUT2D eigenvalue weighted by atomic mass is 10.0. The van der Waals surface area contributed by atoms with Gasteiger partial charge in [0.2, 0.25) is 5.88 Å². The largest absolute Gasteiger partial charge is 0.337 e. The van der Waals surface area contributed by atoms with Crippen molar-refractivity contribution in [2.45, 2.75) is 39.4 Å². The molecule has 0 spiro atoms. The van der Waals surface area contributed by atoms with Crippen LogP contribution in [0, 0.1) is 27.6 Å².